The lowest BCUT2D eigenvalue weighted by atomic mass is 9.91. The largest absolute Gasteiger partial charge is 0.399 e. The van der Waals surface area contributed by atoms with E-state index in [1.165, 1.54) is 6.42 Å². The molecule has 4 N–H and O–H groups in total. The topological polar surface area (TPSA) is 55.3 Å². The van der Waals surface area contributed by atoms with E-state index < -0.39 is 0 Å². The van der Waals surface area contributed by atoms with Crippen LogP contribution in [-0.2, 0) is 0 Å². The average molecular weight is 219 g/mol. The van der Waals surface area contributed by atoms with Gasteiger partial charge in [-0.2, -0.15) is 0 Å². The van der Waals surface area contributed by atoms with Crippen molar-refractivity contribution in [2.45, 2.75) is 20.3 Å². The van der Waals surface area contributed by atoms with Gasteiger partial charge in [0.05, 0.1) is 11.4 Å². The zero-order valence-electron chi connectivity index (χ0n) is 10.1. The predicted molar refractivity (Wildman–Crippen MR) is 70.4 cm³/mol. The minimum Gasteiger partial charge on any atom is -0.399 e. The molecular weight excluding hydrogens is 198 g/mol. The van der Waals surface area contributed by atoms with E-state index in [1.807, 2.05) is 18.2 Å². The number of nitrogen functional groups attached to an aromatic ring is 2. The van der Waals surface area contributed by atoms with Gasteiger partial charge in [-0.15, -0.1) is 0 Å². The summed E-state index contributed by atoms with van der Waals surface area (Å²) in [6.45, 7) is 6.79. The van der Waals surface area contributed by atoms with Crippen LogP contribution in [-0.4, -0.2) is 13.1 Å². The van der Waals surface area contributed by atoms with Crippen molar-refractivity contribution in [1.82, 2.24) is 0 Å². The Balaban J connectivity index is 2.23. The highest BCUT2D eigenvalue weighted by molar-refractivity contribution is 5.72. The van der Waals surface area contributed by atoms with Crippen molar-refractivity contribution in [1.29, 1.82) is 0 Å². The van der Waals surface area contributed by atoms with Crippen LogP contribution in [0.15, 0.2) is 18.2 Å². The first-order valence-electron chi connectivity index (χ1n) is 5.96. The van der Waals surface area contributed by atoms with Crippen LogP contribution in [0.2, 0.25) is 0 Å². The fourth-order valence-corrected chi connectivity index (χ4v) is 2.72. The van der Waals surface area contributed by atoms with Gasteiger partial charge in [-0.25, -0.2) is 0 Å². The normalized spacial score (nSPS) is 25.8. The molecule has 1 aromatic rings. The molecule has 0 amide bonds. The molecule has 0 radical (unpaired) electrons. The number of nitrogens with two attached hydrogens (primary N) is 2. The lowest BCUT2D eigenvalue weighted by molar-refractivity contribution is 0.357. The first kappa shape index (κ1) is 11.1. The van der Waals surface area contributed by atoms with E-state index >= 15 is 0 Å². The van der Waals surface area contributed by atoms with Crippen molar-refractivity contribution in [3.63, 3.8) is 0 Å². The van der Waals surface area contributed by atoms with Crippen molar-refractivity contribution in [3.05, 3.63) is 18.2 Å². The van der Waals surface area contributed by atoms with Gasteiger partial charge < -0.3 is 16.4 Å². The molecule has 0 aliphatic carbocycles. The maximum Gasteiger partial charge on any atom is 0.0601 e. The number of hydrogen-bond acceptors (Lipinski definition) is 3. The Morgan fingerprint density at radius 1 is 1.12 bits per heavy atom. The molecule has 1 aliphatic rings. The summed E-state index contributed by atoms with van der Waals surface area (Å²) in [5, 5.41) is 0. The van der Waals surface area contributed by atoms with Crippen LogP contribution in [0.4, 0.5) is 17.1 Å². The van der Waals surface area contributed by atoms with Crippen LogP contribution in [0.1, 0.15) is 20.3 Å². The lowest BCUT2D eigenvalue weighted by Gasteiger charge is -2.37. The zero-order chi connectivity index (χ0) is 11.7. The number of nitrogens with zero attached hydrogens (tertiary/aromatic N) is 1. The molecule has 0 spiro atoms. The molecule has 0 aromatic heterocycles. The number of hydrogen-bond donors (Lipinski definition) is 2. The van der Waals surface area contributed by atoms with Crippen molar-refractivity contribution in [3.8, 4) is 0 Å². The number of anilines is 3. The zero-order valence-corrected chi connectivity index (χ0v) is 10.1. The van der Waals surface area contributed by atoms with Crippen LogP contribution in [0.25, 0.3) is 0 Å². The molecule has 1 aromatic carbocycles. The van der Waals surface area contributed by atoms with Crippen LogP contribution < -0.4 is 16.4 Å². The third kappa shape index (κ3) is 2.23. The molecule has 1 fully saturated rings. The summed E-state index contributed by atoms with van der Waals surface area (Å²) in [6, 6.07) is 5.81. The molecule has 1 saturated heterocycles. The molecule has 0 saturated carbocycles. The second-order valence-corrected chi connectivity index (χ2v) is 5.17. The number of piperidine rings is 1. The van der Waals surface area contributed by atoms with Gasteiger partial charge in [0.1, 0.15) is 0 Å². The van der Waals surface area contributed by atoms with Crippen molar-refractivity contribution in [2.75, 3.05) is 29.5 Å². The fourth-order valence-electron chi connectivity index (χ4n) is 2.72. The summed E-state index contributed by atoms with van der Waals surface area (Å²) in [6.07, 6.45) is 1.31. The SMILES string of the molecule is C[C@@H]1C[C@@H](C)CN(c2ccc(N)cc2N)C1. The van der Waals surface area contributed by atoms with E-state index in [2.05, 4.69) is 18.7 Å². The monoisotopic (exact) mass is 219 g/mol. The van der Waals surface area contributed by atoms with Gasteiger partial charge >= 0.3 is 0 Å². The average Bonchev–Trinajstić information content (AvgIpc) is 2.15. The Kier molecular flexibility index (Phi) is 2.95. The summed E-state index contributed by atoms with van der Waals surface area (Å²) in [5.41, 5.74) is 14.4. The Labute approximate surface area is 97.4 Å². The van der Waals surface area contributed by atoms with E-state index in [-0.39, 0.29) is 0 Å². The fraction of sp³-hybridized carbons (Fsp3) is 0.538. The maximum atomic E-state index is 6.02. The maximum absolute atomic E-state index is 6.02. The predicted octanol–water partition coefficient (Wildman–Crippen LogP) is 2.33. The van der Waals surface area contributed by atoms with Crippen LogP contribution >= 0.6 is 0 Å². The number of rotatable bonds is 1. The van der Waals surface area contributed by atoms with Gasteiger partial charge in [0, 0.05) is 18.8 Å². The molecule has 3 nitrogen and oxygen atoms in total. The third-order valence-electron chi connectivity index (χ3n) is 3.26. The molecule has 2 atom stereocenters. The molecule has 16 heavy (non-hydrogen) atoms. The Bertz CT molecular complexity index is 365. The van der Waals surface area contributed by atoms with Gasteiger partial charge in [-0.3, -0.25) is 0 Å². The second kappa shape index (κ2) is 4.24. The van der Waals surface area contributed by atoms with Gasteiger partial charge in [-0.1, -0.05) is 13.8 Å². The smallest absolute Gasteiger partial charge is 0.0601 e. The standard InChI is InChI=1S/C13H21N3/c1-9-5-10(2)8-16(7-9)13-4-3-11(14)6-12(13)15/h3-4,6,9-10H,5,7-8,14-15H2,1-2H3/t9-,10-/m1/s1. The van der Waals surface area contributed by atoms with Crippen molar-refractivity contribution < 1.29 is 0 Å². The van der Waals surface area contributed by atoms with E-state index in [0.29, 0.717) is 0 Å². The Morgan fingerprint density at radius 3 is 2.31 bits per heavy atom. The van der Waals surface area contributed by atoms with Crippen LogP contribution in [0, 0.1) is 11.8 Å². The highest BCUT2D eigenvalue weighted by Crippen LogP contribution is 2.31. The van der Waals surface area contributed by atoms with Gasteiger partial charge in [0.15, 0.2) is 0 Å². The molecule has 3 heteroatoms. The summed E-state index contributed by atoms with van der Waals surface area (Å²) in [5.74, 6) is 1.47. The molecule has 1 aliphatic heterocycles. The number of benzene rings is 1. The minimum atomic E-state index is 0.736. The van der Waals surface area contributed by atoms with E-state index in [4.69, 9.17) is 11.5 Å². The molecule has 0 unspecified atom stereocenters. The second-order valence-electron chi connectivity index (χ2n) is 5.17. The lowest BCUT2D eigenvalue weighted by Crippen LogP contribution is -2.39. The first-order valence-corrected chi connectivity index (χ1v) is 5.96. The van der Waals surface area contributed by atoms with Gasteiger partial charge in [0.25, 0.3) is 0 Å². The van der Waals surface area contributed by atoms with Crippen molar-refractivity contribution in [2.24, 2.45) is 11.8 Å². The van der Waals surface area contributed by atoms with E-state index in [0.717, 1.165) is 42.0 Å². The first-order chi connectivity index (χ1) is 7.56. The molecule has 2 rings (SSSR count). The summed E-state index contributed by atoms with van der Waals surface area (Å²) in [4.78, 5) is 2.38. The van der Waals surface area contributed by atoms with Gasteiger partial charge in [0.2, 0.25) is 0 Å². The molecule has 0 bridgehead atoms. The Hall–Kier alpha value is -1.38. The highest BCUT2D eigenvalue weighted by Gasteiger charge is 2.22. The summed E-state index contributed by atoms with van der Waals surface area (Å²) < 4.78 is 0. The van der Waals surface area contributed by atoms with Crippen LogP contribution in [0.3, 0.4) is 0 Å². The quantitative estimate of drug-likeness (QED) is 0.713. The van der Waals surface area contributed by atoms with E-state index in [9.17, 15) is 0 Å². The van der Waals surface area contributed by atoms with Crippen LogP contribution in [0.5, 0.6) is 0 Å². The minimum absolute atomic E-state index is 0.736. The molecule has 88 valence electrons. The van der Waals surface area contributed by atoms with Crippen molar-refractivity contribution >= 4 is 17.1 Å². The molecular formula is C13H21N3. The highest BCUT2D eigenvalue weighted by atomic mass is 15.1. The summed E-state index contributed by atoms with van der Waals surface area (Å²) >= 11 is 0. The summed E-state index contributed by atoms with van der Waals surface area (Å²) in [7, 11) is 0. The van der Waals surface area contributed by atoms with E-state index in [1.54, 1.807) is 0 Å². The molecule has 1 heterocycles. The third-order valence-corrected chi connectivity index (χ3v) is 3.26. The van der Waals surface area contributed by atoms with Gasteiger partial charge in [-0.05, 0) is 36.5 Å². The Morgan fingerprint density at radius 2 is 1.75 bits per heavy atom.